The molecule has 1 saturated heterocycles. The van der Waals surface area contributed by atoms with Gasteiger partial charge in [-0.3, -0.25) is 9.78 Å². The lowest BCUT2D eigenvalue weighted by Crippen LogP contribution is -2.44. The number of nitrogens with one attached hydrogen (secondary N) is 1. The van der Waals surface area contributed by atoms with Crippen LogP contribution >= 0.6 is 0 Å². The van der Waals surface area contributed by atoms with Crippen LogP contribution in [0.15, 0.2) is 41.4 Å². The van der Waals surface area contributed by atoms with Gasteiger partial charge in [-0.25, -0.2) is 12.8 Å². The average Bonchev–Trinajstić information content (AvgIpc) is 3.08. The molecule has 3 aromatic rings. The largest absolute Gasteiger partial charge is 0.376 e. The summed E-state index contributed by atoms with van der Waals surface area (Å²) in [4.78, 5) is 17.2. The lowest BCUT2D eigenvalue weighted by Gasteiger charge is -2.30. The second-order valence-corrected chi connectivity index (χ2v) is 9.77. The van der Waals surface area contributed by atoms with E-state index in [0.717, 1.165) is 0 Å². The molecule has 0 unspecified atom stereocenters. The number of halogens is 1. The normalized spacial score (nSPS) is 17.6. The van der Waals surface area contributed by atoms with Gasteiger partial charge in [0, 0.05) is 49.5 Å². The number of morpholine rings is 1. The van der Waals surface area contributed by atoms with E-state index in [9.17, 15) is 17.6 Å². The summed E-state index contributed by atoms with van der Waals surface area (Å²) in [5, 5.41) is 3.32. The van der Waals surface area contributed by atoms with Crippen molar-refractivity contribution in [3.63, 3.8) is 0 Å². The second-order valence-electron chi connectivity index (χ2n) is 7.86. The Bertz CT molecular complexity index is 1290. The Kier molecular flexibility index (Phi) is 6.02. The van der Waals surface area contributed by atoms with Crippen molar-refractivity contribution in [2.75, 3.05) is 19.7 Å². The van der Waals surface area contributed by atoms with Crippen molar-refractivity contribution >= 4 is 26.8 Å². The summed E-state index contributed by atoms with van der Waals surface area (Å²) in [6.07, 6.45) is 1.42. The Morgan fingerprint density at radius 2 is 2.12 bits per heavy atom. The molecule has 1 N–H and O–H groups in total. The van der Waals surface area contributed by atoms with E-state index in [2.05, 4.69) is 10.3 Å². The van der Waals surface area contributed by atoms with E-state index < -0.39 is 21.7 Å². The maximum Gasteiger partial charge on any atom is 0.268 e. The Morgan fingerprint density at radius 3 is 2.88 bits per heavy atom. The number of fused-ring (bicyclic) bond motifs is 1. The molecule has 3 heterocycles. The molecule has 1 aliphatic rings. The molecule has 8 nitrogen and oxygen atoms in total. The van der Waals surface area contributed by atoms with Crippen molar-refractivity contribution < 1.29 is 22.3 Å². The predicted molar refractivity (Wildman–Crippen MR) is 117 cm³/mol. The first-order chi connectivity index (χ1) is 15.2. The number of pyridine rings is 1. The van der Waals surface area contributed by atoms with Crippen molar-refractivity contribution in [1.29, 1.82) is 0 Å². The minimum atomic E-state index is -3.78. The van der Waals surface area contributed by atoms with Gasteiger partial charge in [0.25, 0.3) is 5.91 Å². The summed E-state index contributed by atoms with van der Waals surface area (Å²) >= 11 is 0. The monoisotopic (exact) mass is 460 g/mol. The highest BCUT2D eigenvalue weighted by Gasteiger charge is 2.33. The Balaban J connectivity index is 1.59. The summed E-state index contributed by atoms with van der Waals surface area (Å²) in [6, 6.07) is 7.73. The molecule has 0 aliphatic carbocycles. The van der Waals surface area contributed by atoms with Gasteiger partial charge < -0.3 is 14.6 Å². The van der Waals surface area contributed by atoms with Crippen LogP contribution in [-0.4, -0.2) is 54.0 Å². The number of carbonyl (C=O) groups excluding carboxylic acids is 1. The molecule has 1 aromatic carbocycles. The van der Waals surface area contributed by atoms with Crippen LogP contribution < -0.4 is 5.32 Å². The van der Waals surface area contributed by atoms with Gasteiger partial charge in [0.2, 0.25) is 10.0 Å². The smallest absolute Gasteiger partial charge is 0.268 e. The number of sulfonamides is 1. The molecule has 0 saturated carbocycles. The van der Waals surface area contributed by atoms with Gasteiger partial charge in [-0.15, -0.1) is 0 Å². The highest BCUT2D eigenvalue weighted by atomic mass is 32.2. The third-order valence-corrected chi connectivity index (χ3v) is 7.79. The highest BCUT2D eigenvalue weighted by molar-refractivity contribution is 7.89. The number of hydrogen-bond acceptors (Lipinski definition) is 5. The summed E-state index contributed by atoms with van der Waals surface area (Å²) < 4.78 is 49.1. The maximum absolute atomic E-state index is 14.4. The number of nitrogens with zero attached hydrogens (tertiary/aromatic N) is 3. The third kappa shape index (κ3) is 4.01. The molecule has 0 bridgehead atoms. The summed E-state index contributed by atoms with van der Waals surface area (Å²) in [7, 11) is -2.15. The van der Waals surface area contributed by atoms with Crippen molar-refractivity contribution in [3.05, 3.63) is 59.3 Å². The number of ether oxygens (including phenoxy) is 1. The molecular formula is C22H25FN4O4S. The van der Waals surface area contributed by atoms with Gasteiger partial charge >= 0.3 is 0 Å². The van der Waals surface area contributed by atoms with Crippen molar-refractivity contribution in [3.8, 4) is 0 Å². The number of amides is 1. The molecule has 0 radical (unpaired) electrons. The van der Waals surface area contributed by atoms with Crippen LogP contribution in [0.4, 0.5) is 4.39 Å². The van der Waals surface area contributed by atoms with Crippen molar-refractivity contribution in [2.24, 2.45) is 7.05 Å². The lowest BCUT2D eigenvalue weighted by atomic mass is 10.1. The number of benzene rings is 1. The standard InChI is InChI=1S/C22H25FN4O4S/c1-14-13-27(9-10-31-14)32(29,30)21-11-20(26(3)15(21)2)22(28)25-12-17-16-5-4-8-24-19(16)7-6-18(17)23/h4-8,11,14H,9-10,12-13H2,1-3H3,(H,25,28)/t14-/m0/s1. The fraction of sp³-hybridized carbons (Fsp3) is 0.364. The second kappa shape index (κ2) is 8.61. The predicted octanol–water partition coefficient (Wildman–Crippen LogP) is 2.36. The van der Waals surface area contributed by atoms with Gasteiger partial charge in [0.15, 0.2) is 0 Å². The van der Waals surface area contributed by atoms with Gasteiger partial charge in [-0.05, 0) is 38.1 Å². The first-order valence-electron chi connectivity index (χ1n) is 10.3. The Hall–Kier alpha value is -2.82. The van der Waals surface area contributed by atoms with Crippen LogP contribution in [0.25, 0.3) is 10.9 Å². The van der Waals surface area contributed by atoms with Gasteiger partial charge in [0.05, 0.1) is 18.2 Å². The van der Waals surface area contributed by atoms with Crippen LogP contribution in [0.5, 0.6) is 0 Å². The van der Waals surface area contributed by atoms with Crippen LogP contribution in [0.2, 0.25) is 0 Å². The van der Waals surface area contributed by atoms with E-state index in [4.69, 9.17) is 4.74 Å². The van der Waals surface area contributed by atoms with E-state index in [-0.39, 0.29) is 36.3 Å². The van der Waals surface area contributed by atoms with Gasteiger partial charge in [-0.1, -0.05) is 6.07 Å². The van der Waals surface area contributed by atoms with E-state index in [1.54, 1.807) is 38.4 Å². The zero-order valence-corrected chi connectivity index (χ0v) is 18.9. The molecule has 1 fully saturated rings. The molecule has 4 rings (SSSR count). The van der Waals surface area contributed by atoms with Crippen molar-refractivity contribution in [2.45, 2.75) is 31.4 Å². The molecule has 1 atom stereocenters. The van der Waals surface area contributed by atoms with Crippen LogP contribution in [-0.2, 0) is 28.4 Å². The minimum absolute atomic E-state index is 0.0546. The fourth-order valence-electron chi connectivity index (χ4n) is 3.92. The molecule has 170 valence electrons. The summed E-state index contributed by atoms with van der Waals surface area (Å²) in [5.41, 5.74) is 1.59. The Labute approximate surface area is 186 Å². The van der Waals surface area contributed by atoms with Crippen molar-refractivity contribution in [1.82, 2.24) is 19.2 Å². The van der Waals surface area contributed by atoms with Crippen LogP contribution in [0, 0.1) is 12.7 Å². The van der Waals surface area contributed by atoms with Gasteiger partial charge in [0.1, 0.15) is 16.4 Å². The molecule has 2 aromatic heterocycles. The molecule has 1 amide bonds. The topological polar surface area (TPSA) is 93.5 Å². The zero-order valence-electron chi connectivity index (χ0n) is 18.1. The van der Waals surface area contributed by atoms with E-state index in [1.165, 1.54) is 21.0 Å². The SMILES string of the molecule is Cc1c(S(=O)(=O)N2CCO[C@@H](C)C2)cc(C(=O)NCc2c(F)ccc3ncccc23)n1C. The van der Waals surface area contributed by atoms with E-state index in [0.29, 0.717) is 28.8 Å². The van der Waals surface area contributed by atoms with E-state index >= 15 is 0 Å². The summed E-state index contributed by atoms with van der Waals surface area (Å²) in [6.45, 7) is 4.26. The van der Waals surface area contributed by atoms with Crippen LogP contribution in [0.3, 0.4) is 0 Å². The van der Waals surface area contributed by atoms with Gasteiger partial charge in [-0.2, -0.15) is 4.31 Å². The third-order valence-electron chi connectivity index (χ3n) is 5.81. The fourth-order valence-corrected chi connectivity index (χ4v) is 5.69. The zero-order chi connectivity index (χ0) is 23.0. The molecular weight excluding hydrogens is 435 g/mol. The molecule has 32 heavy (non-hydrogen) atoms. The number of carbonyl (C=O) groups is 1. The highest BCUT2D eigenvalue weighted by Crippen LogP contribution is 2.25. The number of aromatic nitrogens is 2. The molecule has 1 aliphatic heterocycles. The Morgan fingerprint density at radius 1 is 1.34 bits per heavy atom. The lowest BCUT2D eigenvalue weighted by molar-refractivity contribution is 0.0102. The minimum Gasteiger partial charge on any atom is -0.376 e. The van der Waals surface area contributed by atoms with Crippen LogP contribution in [0.1, 0.15) is 28.7 Å². The molecule has 10 heteroatoms. The maximum atomic E-state index is 14.4. The average molecular weight is 461 g/mol. The summed E-state index contributed by atoms with van der Waals surface area (Å²) in [5.74, 6) is -0.939. The first-order valence-corrected chi connectivity index (χ1v) is 11.7. The first kappa shape index (κ1) is 22.4. The number of hydrogen-bond donors (Lipinski definition) is 1. The quantitative estimate of drug-likeness (QED) is 0.631. The van der Waals surface area contributed by atoms with E-state index in [1.807, 2.05) is 6.92 Å². The molecule has 0 spiro atoms. The number of rotatable bonds is 5.